The van der Waals surface area contributed by atoms with Crippen LogP contribution in [0.4, 0.5) is 4.79 Å². The second-order valence-electron chi connectivity index (χ2n) is 4.50. The van der Waals surface area contributed by atoms with Crippen LogP contribution in [0.1, 0.15) is 27.2 Å². The van der Waals surface area contributed by atoms with Gasteiger partial charge in [-0.2, -0.15) is 0 Å². The number of imide groups is 2. The number of barbiturate groups is 1. The quantitative estimate of drug-likeness (QED) is 0.435. The second kappa shape index (κ2) is 5.80. The van der Waals surface area contributed by atoms with Crippen molar-refractivity contribution in [3.05, 3.63) is 12.2 Å². The molecule has 1 rings (SSSR count). The zero-order valence-corrected chi connectivity index (χ0v) is 12.7. The molecular formula is C11H16N2NaO3. The first-order valence-electron chi connectivity index (χ1n) is 5.12. The minimum Gasteiger partial charge on any atom is -0.277 e. The smallest absolute Gasteiger partial charge is 0.277 e. The molecule has 5 nitrogen and oxygen atoms in total. The van der Waals surface area contributed by atoms with Gasteiger partial charge < -0.3 is 0 Å². The molecule has 0 atom stereocenters. The number of amides is 4. The van der Waals surface area contributed by atoms with Gasteiger partial charge in [-0.3, -0.25) is 20.2 Å². The predicted molar refractivity (Wildman–Crippen MR) is 64.1 cm³/mol. The van der Waals surface area contributed by atoms with Crippen molar-refractivity contribution in [2.45, 2.75) is 27.2 Å². The molecule has 1 heterocycles. The van der Waals surface area contributed by atoms with Gasteiger partial charge >= 0.3 is 6.03 Å². The van der Waals surface area contributed by atoms with Crippen molar-refractivity contribution in [1.82, 2.24) is 10.6 Å². The van der Waals surface area contributed by atoms with E-state index >= 15 is 0 Å². The summed E-state index contributed by atoms with van der Waals surface area (Å²) in [6, 6.07) is -0.756. The minimum atomic E-state index is -1.22. The number of allylic oxidation sites excluding steroid dienone is 1. The molecule has 0 unspecified atom stereocenters. The van der Waals surface area contributed by atoms with Crippen LogP contribution in [0.15, 0.2) is 12.2 Å². The molecule has 17 heavy (non-hydrogen) atoms. The van der Waals surface area contributed by atoms with Gasteiger partial charge in [-0.25, -0.2) is 4.79 Å². The average molecular weight is 247 g/mol. The van der Waals surface area contributed by atoms with Crippen molar-refractivity contribution < 1.29 is 14.4 Å². The molecule has 0 aromatic heterocycles. The van der Waals surface area contributed by atoms with E-state index in [1.807, 2.05) is 0 Å². The molecule has 1 saturated heterocycles. The maximum atomic E-state index is 11.9. The summed E-state index contributed by atoms with van der Waals surface area (Å²) >= 11 is 0. The summed E-state index contributed by atoms with van der Waals surface area (Å²) in [7, 11) is 0. The molecule has 0 bridgehead atoms. The van der Waals surface area contributed by atoms with E-state index in [2.05, 4.69) is 17.2 Å². The van der Waals surface area contributed by atoms with Gasteiger partial charge in [0, 0.05) is 29.6 Å². The molecule has 0 aliphatic carbocycles. The fourth-order valence-electron chi connectivity index (χ4n) is 1.93. The van der Waals surface area contributed by atoms with Crippen LogP contribution >= 0.6 is 0 Å². The molecular weight excluding hydrogens is 231 g/mol. The molecule has 1 aliphatic rings. The molecule has 0 saturated carbocycles. The van der Waals surface area contributed by atoms with Gasteiger partial charge in [0.05, 0.1) is 0 Å². The molecule has 89 valence electrons. The number of urea groups is 1. The van der Waals surface area contributed by atoms with Gasteiger partial charge in [-0.1, -0.05) is 19.4 Å². The molecule has 1 fully saturated rings. The van der Waals surface area contributed by atoms with Gasteiger partial charge in [0.2, 0.25) is 11.8 Å². The Balaban J connectivity index is 0.00000256. The van der Waals surface area contributed by atoms with Gasteiger partial charge in [0.25, 0.3) is 0 Å². The standard InChI is InChI=1S/C11H16N2O3.Na/c1-6(2)5-11(7(3)4)8(14)12-10(16)13-9(11)15;/h7H,1,5H2,2-4H3,(H2,12,13,14,15,16);. The van der Waals surface area contributed by atoms with E-state index in [4.69, 9.17) is 0 Å². The fourth-order valence-corrected chi connectivity index (χ4v) is 1.93. The third-order valence-corrected chi connectivity index (χ3v) is 2.83. The Morgan fingerprint density at radius 2 is 1.65 bits per heavy atom. The summed E-state index contributed by atoms with van der Waals surface area (Å²) < 4.78 is 0. The number of hydrogen-bond donors (Lipinski definition) is 2. The normalized spacial score (nSPS) is 18.2. The fraction of sp³-hybridized carbons (Fsp3) is 0.545. The van der Waals surface area contributed by atoms with Crippen molar-refractivity contribution in [2.75, 3.05) is 0 Å². The van der Waals surface area contributed by atoms with E-state index in [1.165, 1.54) is 0 Å². The first-order valence-corrected chi connectivity index (χ1v) is 5.12. The van der Waals surface area contributed by atoms with Crippen LogP contribution in [0, 0.1) is 11.3 Å². The zero-order chi connectivity index (χ0) is 12.5. The SMILES string of the molecule is C=C(C)CC1(C(C)C)C(=O)NC(=O)NC1=O.[Na]. The summed E-state index contributed by atoms with van der Waals surface area (Å²) in [5.41, 5.74) is -0.493. The van der Waals surface area contributed by atoms with Crippen molar-refractivity contribution >= 4 is 47.4 Å². The summed E-state index contributed by atoms with van der Waals surface area (Å²) in [5, 5.41) is 4.27. The van der Waals surface area contributed by atoms with Gasteiger partial charge in [0.15, 0.2) is 0 Å². The topological polar surface area (TPSA) is 75.3 Å². The third kappa shape index (κ3) is 2.97. The van der Waals surface area contributed by atoms with Crippen LogP contribution in [0.25, 0.3) is 0 Å². The first-order chi connectivity index (χ1) is 7.30. The van der Waals surface area contributed by atoms with E-state index < -0.39 is 23.3 Å². The maximum Gasteiger partial charge on any atom is 0.328 e. The zero-order valence-electron chi connectivity index (χ0n) is 10.7. The molecule has 4 amide bonds. The van der Waals surface area contributed by atoms with Crippen LogP contribution in [0.3, 0.4) is 0 Å². The molecule has 0 spiro atoms. The Hall–Kier alpha value is -0.650. The predicted octanol–water partition coefficient (Wildman–Crippen LogP) is 0.580. The number of carbonyl (C=O) groups is 3. The van der Waals surface area contributed by atoms with Gasteiger partial charge in [-0.15, -0.1) is 6.58 Å². The summed E-state index contributed by atoms with van der Waals surface area (Å²) in [5.74, 6) is -1.30. The van der Waals surface area contributed by atoms with Gasteiger partial charge in [0.1, 0.15) is 5.41 Å². The van der Waals surface area contributed by atoms with E-state index in [-0.39, 0.29) is 41.9 Å². The molecule has 6 heteroatoms. The summed E-state index contributed by atoms with van der Waals surface area (Å²) in [6.45, 7) is 9.02. The molecule has 2 N–H and O–H groups in total. The first kappa shape index (κ1) is 16.4. The summed E-state index contributed by atoms with van der Waals surface area (Å²) in [6.07, 6.45) is 0.246. The summed E-state index contributed by atoms with van der Waals surface area (Å²) in [4.78, 5) is 34.8. The minimum absolute atomic E-state index is 0. The Kier molecular flexibility index (Phi) is 5.58. The maximum absolute atomic E-state index is 11.9. The van der Waals surface area contributed by atoms with Crippen LogP contribution in [0.2, 0.25) is 0 Å². The van der Waals surface area contributed by atoms with Crippen molar-refractivity contribution in [1.29, 1.82) is 0 Å². The third-order valence-electron chi connectivity index (χ3n) is 2.83. The van der Waals surface area contributed by atoms with E-state index in [9.17, 15) is 14.4 Å². The molecule has 1 aliphatic heterocycles. The molecule has 0 aromatic rings. The van der Waals surface area contributed by atoms with Crippen LogP contribution in [-0.2, 0) is 9.59 Å². The Morgan fingerprint density at radius 1 is 1.24 bits per heavy atom. The Morgan fingerprint density at radius 3 is 1.94 bits per heavy atom. The molecule has 1 radical (unpaired) electrons. The number of hydrogen-bond acceptors (Lipinski definition) is 3. The van der Waals surface area contributed by atoms with E-state index in [0.717, 1.165) is 5.57 Å². The number of nitrogens with one attached hydrogen (secondary N) is 2. The van der Waals surface area contributed by atoms with E-state index in [1.54, 1.807) is 20.8 Å². The Labute approximate surface area is 123 Å². The average Bonchev–Trinajstić information content (AvgIpc) is 2.10. The Bertz CT molecular complexity index is 357. The van der Waals surface area contributed by atoms with Crippen LogP contribution < -0.4 is 10.6 Å². The van der Waals surface area contributed by atoms with Crippen molar-refractivity contribution in [3.63, 3.8) is 0 Å². The number of carbonyl (C=O) groups excluding carboxylic acids is 3. The van der Waals surface area contributed by atoms with Crippen molar-refractivity contribution in [2.24, 2.45) is 11.3 Å². The number of rotatable bonds is 3. The van der Waals surface area contributed by atoms with Crippen molar-refractivity contribution in [3.8, 4) is 0 Å². The molecule has 0 aromatic carbocycles. The van der Waals surface area contributed by atoms with Crippen LogP contribution in [-0.4, -0.2) is 47.4 Å². The second-order valence-corrected chi connectivity index (χ2v) is 4.50. The van der Waals surface area contributed by atoms with Gasteiger partial charge in [-0.05, 0) is 19.3 Å². The van der Waals surface area contributed by atoms with E-state index in [0.29, 0.717) is 0 Å². The largest absolute Gasteiger partial charge is 0.328 e. The monoisotopic (exact) mass is 247 g/mol. The van der Waals surface area contributed by atoms with Crippen LogP contribution in [0.5, 0.6) is 0 Å².